The van der Waals surface area contributed by atoms with Crippen molar-refractivity contribution in [2.24, 2.45) is 0 Å². The lowest BCUT2D eigenvalue weighted by Gasteiger charge is -2.14. The maximum atomic E-state index is 11.2. The van der Waals surface area contributed by atoms with Gasteiger partial charge in [0.2, 0.25) is 11.8 Å². The van der Waals surface area contributed by atoms with Crippen molar-refractivity contribution in [2.75, 3.05) is 11.1 Å². The topological polar surface area (TPSA) is 120 Å². The zero-order valence-corrected chi connectivity index (χ0v) is 13.0. The molecule has 3 N–H and O–H groups in total. The lowest BCUT2D eigenvalue weighted by atomic mass is 10.2. The molecule has 0 amide bonds. The summed E-state index contributed by atoms with van der Waals surface area (Å²) in [6, 6.07) is -0.163. The number of rotatable bonds is 4. The van der Waals surface area contributed by atoms with Crippen LogP contribution in [-0.4, -0.2) is 19.9 Å². The number of nitrogens with zero attached hydrogens (tertiary/aromatic N) is 4. The van der Waals surface area contributed by atoms with Crippen molar-refractivity contribution >= 4 is 28.8 Å². The molecule has 0 aliphatic carbocycles. The van der Waals surface area contributed by atoms with Gasteiger partial charge in [-0.2, -0.15) is 4.98 Å². The minimum atomic E-state index is -0.505. The zero-order valence-electron chi connectivity index (χ0n) is 12.2. The first-order valence-corrected chi connectivity index (χ1v) is 7.10. The molecule has 9 heteroatoms. The molecule has 0 spiro atoms. The molecule has 112 valence electrons. The molecule has 1 atom stereocenters. The molecule has 0 saturated heterocycles. The van der Waals surface area contributed by atoms with E-state index in [4.69, 9.17) is 5.73 Å². The standard InChI is InChI=1S/C12H16N6O2S/c1-5-9(18(19)20)11(17-12(13)16-5)15-7(3)10-6(2)14-8(4)21-10/h7H,1-4H3,(H3,13,15,16,17). The molecule has 0 saturated carbocycles. The Morgan fingerprint density at radius 3 is 2.43 bits per heavy atom. The Morgan fingerprint density at radius 1 is 1.24 bits per heavy atom. The van der Waals surface area contributed by atoms with E-state index >= 15 is 0 Å². The van der Waals surface area contributed by atoms with Gasteiger partial charge < -0.3 is 11.1 Å². The molecule has 1 unspecified atom stereocenters. The Kier molecular flexibility index (Phi) is 4.03. The smallest absolute Gasteiger partial charge is 0.332 e. The maximum Gasteiger partial charge on any atom is 0.332 e. The monoisotopic (exact) mass is 308 g/mol. The summed E-state index contributed by atoms with van der Waals surface area (Å²) in [7, 11) is 0. The number of anilines is 2. The van der Waals surface area contributed by atoms with Crippen molar-refractivity contribution < 1.29 is 4.92 Å². The van der Waals surface area contributed by atoms with Crippen molar-refractivity contribution in [1.29, 1.82) is 0 Å². The van der Waals surface area contributed by atoms with E-state index in [1.54, 1.807) is 11.3 Å². The van der Waals surface area contributed by atoms with Crippen LogP contribution in [0, 0.1) is 30.9 Å². The van der Waals surface area contributed by atoms with Crippen molar-refractivity contribution in [2.45, 2.75) is 33.7 Å². The van der Waals surface area contributed by atoms with Crippen LogP contribution in [0.15, 0.2) is 0 Å². The molecule has 0 radical (unpaired) electrons. The average molecular weight is 308 g/mol. The Morgan fingerprint density at radius 2 is 1.90 bits per heavy atom. The summed E-state index contributed by atoms with van der Waals surface area (Å²) in [5.74, 6) is 0.132. The predicted molar refractivity (Wildman–Crippen MR) is 81.5 cm³/mol. The van der Waals surface area contributed by atoms with Crippen LogP contribution in [0.25, 0.3) is 0 Å². The molecule has 2 rings (SSSR count). The molecule has 0 aliphatic heterocycles. The van der Waals surface area contributed by atoms with Gasteiger partial charge >= 0.3 is 5.69 Å². The van der Waals surface area contributed by atoms with Gasteiger partial charge in [0.15, 0.2) is 0 Å². The number of nitro groups is 1. The van der Waals surface area contributed by atoms with Gasteiger partial charge in [-0.3, -0.25) is 10.1 Å². The van der Waals surface area contributed by atoms with Gasteiger partial charge in [0.05, 0.1) is 21.7 Å². The van der Waals surface area contributed by atoms with E-state index in [0.29, 0.717) is 0 Å². The second kappa shape index (κ2) is 5.60. The Balaban J connectivity index is 2.39. The van der Waals surface area contributed by atoms with Crippen molar-refractivity contribution in [3.63, 3.8) is 0 Å². The molecule has 8 nitrogen and oxygen atoms in total. The van der Waals surface area contributed by atoms with E-state index in [-0.39, 0.29) is 29.2 Å². The second-order valence-electron chi connectivity index (χ2n) is 4.67. The third-order valence-electron chi connectivity index (χ3n) is 2.94. The van der Waals surface area contributed by atoms with E-state index in [2.05, 4.69) is 20.3 Å². The summed E-state index contributed by atoms with van der Waals surface area (Å²) < 4.78 is 0. The van der Waals surface area contributed by atoms with E-state index in [1.165, 1.54) is 6.92 Å². The summed E-state index contributed by atoms with van der Waals surface area (Å²) >= 11 is 1.55. The number of hydrogen-bond acceptors (Lipinski definition) is 8. The maximum absolute atomic E-state index is 11.2. The third-order valence-corrected chi connectivity index (χ3v) is 4.20. The number of nitrogens with two attached hydrogens (primary N) is 1. The van der Waals surface area contributed by atoms with Gasteiger partial charge in [0, 0.05) is 4.88 Å². The SMILES string of the molecule is Cc1nc(C)c(C(C)Nc2nc(N)nc(C)c2[N+](=O)[O-])s1. The summed E-state index contributed by atoms with van der Waals surface area (Å²) in [6.07, 6.45) is 0. The molecule has 0 aliphatic rings. The van der Waals surface area contributed by atoms with Gasteiger partial charge in [-0.1, -0.05) is 0 Å². The van der Waals surface area contributed by atoms with Crippen molar-refractivity contribution in [3.8, 4) is 0 Å². The molecular weight excluding hydrogens is 292 g/mol. The average Bonchev–Trinajstić information content (AvgIpc) is 2.66. The van der Waals surface area contributed by atoms with E-state index in [9.17, 15) is 10.1 Å². The summed E-state index contributed by atoms with van der Waals surface area (Å²) in [5.41, 5.74) is 6.56. The minimum absolute atomic E-state index is 0.00464. The summed E-state index contributed by atoms with van der Waals surface area (Å²) in [5, 5.41) is 15.2. The molecule has 0 aromatic carbocycles. The quantitative estimate of drug-likeness (QED) is 0.657. The molecule has 2 aromatic heterocycles. The number of nitrogens with one attached hydrogen (secondary N) is 1. The van der Waals surface area contributed by atoms with Gasteiger partial charge in [0.1, 0.15) is 5.69 Å². The summed E-state index contributed by atoms with van der Waals surface area (Å²) in [6.45, 7) is 7.26. The highest BCUT2D eigenvalue weighted by molar-refractivity contribution is 7.11. The molecule has 0 bridgehead atoms. The zero-order chi connectivity index (χ0) is 15.7. The summed E-state index contributed by atoms with van der Waals surface area (Å²) in [4.78, 5) is 23.8. The van der Waals surface area contributed by atoms with Crippen molar-refractivity contribution in [1.82, 2.24) is 15.0 Å². The van der Waals surface area contributed by atoms with Crippen LogP contribution in [0.5, 0.6) is 0 Å². The molecule has 2 heterocycles. The highest BCUT2D eigenvalue weighted by Gasteiger charge is 2.24. The van der Waals surface area contributed by atoms with Crippen LogP contribution < -0.4 is 11.1 Å². The first-order chi connectivity index (χ1) is 9.79. The molecular formula is C12H16N6O2S. The lowest BCUT2D eigenvalue weighted by molar-refractivity contribution is -0.385. The van der Waals surface area contributed by atoms with Gasteiger partial charge in [-0.05, 0) is 27.7 Å². The van der Waals surface area contributed by atoms with Crippen LogP contribution in [0.2, 0.25) is 0 Å². The molecule has 21 heavy (non-hydrogen) atoms. The Bertz CT molecular complexity index is 699. The van der Waals surface area contributed by atoms with Gasteiger partial charge in [0.25, 0.3) is 0 Å². The van der Waals surface area contributed by atoms with Crippen LogP contribution in [0.1, 0.15) is 34.2 Å². The second-order valence-corrected chi connectivity index (χ2v) is 5.90. The van der Waals surface area contributed by atoms with Crippen molar-refractivity contribution in [3.05, 3.63) is 31.4 Å². The lowest BCUT2D eigenvalue weighted by Crippen LogP contribution is -2.12. The number of aromatic nitrogens is 3. The van der Waals surface area contributed by atoms with Crippen LogP contribution in [0.3, 0.4) is 0 Å². The van der Waals surface area contributed by atoms with Crippen LogP contribution in [-0.2, 0) is 0 Å². The Hall–Kier alpha value is -2.29. The molecule has 2 aromatic rings. The fraction of sp³-hybridized carbons (Fsp3) is 0.417. The fourth-order valence-corrected chi connectivity index (χ4v) is 3.06. The highest BCUT2D eigenvalue weighted by Crippen LogP contribution is 2.32. The predicted octanol–water partition coefficient (Wildman–Crippen LogP) is 2.52. The normalized spacial score (nSPS) is 12.2. The van der Waals surface area contributed by atoms with Crippen LogP contribution in [0.4, 0.5) is 17.5 Å². The largest absolute Gasteiger partial charge is 0.368 e. The third kappa shape index (κ3) is 3.07. The van der Waals surface area contributed by atoms with Crippen LogP contribution >= 0.6 is 11.3 Å². The first kappa shape index (κ1) is 15.1. The minimum Gasteiger partial charge on any atom is -0.368 e. The molecule has 0 fully saturated rings. The van der Waals surface area contributed by atoms with E-state index in [1.807, 2.05) is 20.8 Å². The van der Waals surface area contributed by atoms with E-state index in [0.717, 1.165) is 15.6 Å². The van der Waals surface area contributed by atoms with E-state index < -0.39 is 4.92 Å². The number of nitrogen functional groups attached to an aromatic ring is 1. The fourth-order valence-electron chi connectivity index (χ4n) is 2.13. The van der Waals surface area contributed by atoms with Gasteiger partial charge in [-0.15, -0.1) is 11.3 Å². The number of aryl methyl sites for hydroxylation is 3. The Labute approximate surface area is 125 Å². The number of thiazole rings is 1. The number of hydrogen-bond donors (Lipinski definition) is 2. The van der Waals surface area contributed by atoms with Gasteiger partial charge in [-0.25, -0.2) is 9.97 Å². The first-order valence-electron chi connectivity index (χ1n) is 6.28. The highest BCUT2D eigenvalue weighted by atomic mass is 32.1.